The van der Waals surface area contributed by atoms with Crippen LogP contribution in [0.15, 0.2) is 59.4 Å². The first-order chi connectivity index (χ1) is 13.8. The van der Waals surface area contributed by atoms with Crippen LogP contribution in [0.1, 0.15) is 26.3 Å². The third kappa shape index (κ3) is 6.05. The predicted molar refractivity (Wildman–Crippen MR) is 118 cm³/mol. The van der Waals surface area contributed by atoms with E-state index in [9.17, 15) is 9.90 Å². The minimum absolute atomic E-state index is 0.0503. The highest BCUT2D eigenvalue weighted by atomic mass is 16.5. The van der Waals surface area contributed by atoms with Crippen molar-refractivity contribution >= 4 is 5.69 Å². The molecule has 1 fully saturated rings. The lowest BCUT2D eigenvalue weighted by atomic mass is 9.87. The molecule has 3 rings (SSSR count). The number of piperazine rings is 1. The van der Waals surface area contributed by atoms with Crippen molar-refractivity contribution in [3.63, 3.8) is 0 Å². The zero-order valence-corrected chi connectivity index (χ0v) is 17.7. The van der Waals surface area contributed by atoms with Crippen LogP contribution in [0.25, 0.3) is 0 Å². The van der Waals surface area contributed by atoms with Crippen LogP contribution in [0.3, 0.4) is 0 Å². The van der Waals surface area contributed by atoms with Crippen molar-refractivity contribution in [2.45, 2.75) is 32.3 Å². The van der Waals surface area contributed by atoms with E-state index in [0.29, 0.717) is 6.54 Å². The van der Waals surface area contributed by atoms with Crippen LogP contribution < -0.4 is 15.1 Å². The molecule has 0 aromatic heterocycles. The lowest BCUT2D eigenvalue weighted by Crippen LogP contribution is -2.50. The highest BCUT2D eigenvalue weighted by Crippen LogP contribution is 2.24. The Morgan fingerprint density at radius 3 is 2.28 bits per heavy atom. The van der Waals surface area contributed by atoms with Gasteiger partial charge in [-0.25, -0.2) is 0 Å². The zero-order valence-electron chi connectivity index (χ0n) is 17.7. The number of aliphatic hydroxyl groups excluding tert-OH is 1. The molecule has 1 N–H and O–H groups in total. The van der Waals surface area contributed by atoms with E-state index in [0.717, 1.165) is 37.6 Å². The third-order valence-corrected chi connectivity index (χ3v) is 5.32. The maximum Gasteiger partial charge on any atom is 0.201 e. The maximum atomic E-state index is 12.2. The summed E-state index contributed by atoms with van der Waals surface area (Å²) in [5.74, 6) is 0.779. The van der Waals surface area contributed by atoms with Gasteiger partial charge in [0.2, 0.25) is 5.43 Å². The highest BCUT2D eigenvalue weighted by Gasteiger charge is 2.21. The number of hydrogen-bond acceptors (Lipinski definition) is 5. The molecule has 29 heavy (non-hydrogen) atoms. The molecule has 1 unspecified atom stereocenters. The van der Waals surface area contributed by atoms with Gasteiger partial charge in [0, 0.05) is 32.7 Å². The Balaban J connectivity index is 1.45. The molecular formula is C24H32N2O3. The first-order valence-electron chi connectivity index (χ1n) is 10.3. The molecule has 5 heteroatoms. The van der Waals surface area contributed by atoms with Crippen molar-refractivity contribution < 1.29 is 9.84 Å². The van der Waals surface area contributed by atoms with Gasteiger partial charge in [-0.05, 0) is 35.2 Å². The summed E-state index contributed by atoms with van der Waals surface area (Å²) >= 11 is 0. The number of rotatable bonds is 6. The van der Waals surface area contributed by atoms with E-state index >= 15 is 0 Å². The van der Waals surface area contributed by atoms with Gasteiger partial charge in [0.25, 0.3) is 0 Å². The summed E-state index contributed by atoms with van der Waals surface area (Å²) in [4.78, 5) is 16.5. The maximum absolute atomic E-state index is 12.2. The highest BCUT2D eigenvalue weighted by molar-refractivity contribution is 5.45. The summed E-state index contributed by atoms with van der Waals surface area (Å²) in [6.07, 6.45) is -0.548. The van der Waals surface area contributed by atoms with Crippen molar-refractivity contribution in [2.24, 2.45) is 0 Å². The summed E-state index contributed by atoms with van der Waals surface area (Å²) in [5, 5.41) is 10.4. The molecule has 2 aromatic rings. The summed E-state index contributed by atoms with van der Waals surface area (Å²) in [5.41, 5.74) is 2.17. The van der Waals surface area contributed by atoms with Crippen molar-refractivity contribution in [3.05, 3.63) is 70.4 Å². The average Bonchev–Trinajstić information content (AvgIpc) is 2.91. The normalized spacial score (nSPS) is 16.5. The quantitative estimate of drug-likeness (QED) is 0.814. The number of ether oxygens (including phenoxy) is 1. The molecule has 1 saturated heterocycles. The predicted octanol–water partition coefficient (Wildman–Crippen LogP) is 2.91. The molecule has 1 heterocycles. The van der Waals surface area contributed by atoms with E-state index in [2.05, 4.69) is 42.7 Å². The number of anilines is 1. The summed E-state index contributed by atoms with van der Waals surface area (Å²) in [6.45, 7) is 10.6. The van der Waals surface area contributed by atoms with Crippen LogP contribution >= 0.6 is 0 Å². The Bertz CT molecular complexity index is 838. The molecule has 2 aromatic carbocycles. The molecule has 0 aliphatic carbocycles. The topological polar surface area (TPSA) is 53.0 Å². The lowest BCUT2D eigenvalue weighted by Gasteiger charge is -2.36. The van der Waals surface area contributed by atoms with E-state index in [1.165, 1.54) is 5.56 Å². The van der Waals surface area contributed by atoms with Crippen LogP contribution in [0.4, 0.5) is 5.69 Å². The van der Waals surface area contributed by atoms with Crippen molar-refractivity contribution in [2.75, 3.05) is 44.2 Å². The van der Waals surface area contributed by atoms with Gasteiger partial charge in [-0.1, -0.05) is 51.1 Å². The summed E-state index contributed by atoms with van der Waals surface area (Å²) in [6, 6.07) is 17.1. The SMILES string of the molecule is CC(C)(C)c1ccc(OCC(O)CN2CCN(c3cccccc3=O)CC2)cc1. The fraction of sp³-hybridized carbons (Fsp3) is 0.458. The van der Waals surface area contributed by atoms with Gasteiger partial charge >= 0.3 is 0 Å². The van der Waals surface area contributed by atoms with Gasteiger partial charge in [0.05, 0.1) is 5.69 Å². The molecular weight excluding hydrogens is 364 g/mol. The number of nitrogens with zero attached hydrogens (tertiary/aromatic N) is 2. The van der Waals surface area contributed by atoms with E-state index in [4.69, 9.17) is 4.74 Å². The third-order valence-electron chi connectivity index (χ3n) is 5.32. The number of aliphatic hydroxyl groups is 1. The van der Waals surface area contributed by atoms with Crippen LogP contribution in [0.2, 0.25) is 0 Å². The second-order valence-electron chi connectivity index (χ2n) is 8.69. The van der Waals surface area contributed by atoms with Crippen molar-refractivity contribution in [3.8, 4) is 5.75 Å². The monoisotopic (exact) mass is 396 g/mol. The summed E-state index contributed by atoms with van der Waals surface area (Å²) in [7, 11) is 0. The molecule has 0 bridgehead atoms. The minimum atomic E-state index is -0.548. The van der Waals surface area contributed by atoms with Gasteiger partial charge in [-0.2, -0.15) is 0 Å². The Labute approximate surface area is 173 Å². The van der Waals surface area contributed by atoms with Crippen LogP contribution in [-0.2, 0) is 5.41 Å². The average molecular weight is 397 g/mol. The molecule has 5 nitrogen and oxygen atoms in total. The van der Waals surface area contributed by atoms with Crippen LogP contribution in [0, 0.1) is 0 Å². The fourth-order valence-corrected chi connectivity index (χ4v) is 3.55. The number of benzene rings is 1. The lowest BCUT2D eigenvalue weighted by molar-refractivity contribution is 0.0663. The van der Waals surface area contributed by atoms with Crippen LogP contribution in [0.5, 0.6) is 5.75 Å². The Morgan fingerprint density at radius 1 is 0.966 bits per heavy atom. The Morgan fingerprint density at radius 2 is 1.62 bits per heavy atom. The fourth-order valence-electron chi connectivity index (χ4n) is 3.55. The van der Waals surface area contributed by atoms with Gasteiger partial charge in [-0.15, -0.1) is 0 Å². The number of hydrogen-bond donors (Lipinski definition) is 1. The van der Waals surface area contributed by atoms with E-state index in [1.54, 1.807) is 12.1 Å². The van der Waals surface area contributed by atoms with Crippen molar-refractivity contribution in [1.82, 2.24) is 4.90 Å². The summed E-state index contributed by atoms with van der Waals surface area (Å²) < 4.78 is 5.77. The van der Waals surface area contributed by atoms with E-state index in [1.807, 2.05) is 30.3 Å². The molecule has 0 radical (unpaired) electrons. The molecule has 0 spiro atoms. The van der Waals surface area contributed by atoms with Crippen LogP contribution in [-0.4, -0.2) is 55.4 Å². The van der Waals surface area contributed by atoms with E-state index < -0.39 is 6.10 Å². The van der Waals surface area contributed by atoms with Gasteiger partial charge in [-0.3, -0.25) is 9.69 Å². The molecule has 1 aliphatic heterocycles. The second-order valence-corrected chi connectivity index (χ2v) is 8.69. The molecule has 0 amide bonds. The molecule has 0 saturated carbocycles. The largest absolute Gasteiger partial charge is 0.491 e. The second kappa shape index (κ2) is 9.42. The number of β-amino-alcohol motifs (C(OH)–C–C–N with tert-alkyl or cyclic N) is 1. The van der Waals surface area contributed by atoms with Gasteiger partial charge < -0.3 is 14.7 Å². The zero-order chi connectivity index (χ0) is 20.9. The molecule has 1 aliphatic rings. The van der Waals surface area contributed by atoms with E-state index in [-0.39, 0.29) is 17.5 Å². The van der Waals surface area contributed by atoms with Gasteiger partial charge in [0.15, 0.2) is 0 Å². The van der Waals surface area contributed by atoms with Gasteiger partial charge in [0.1, 0.15) is 18.5 Å². The molecule has 156 valence electrons. The first kappa shape index (κ1) is 21.3. The Kier molecular flexibility index (Phi) is 6.93. The van der Waals surface area contributed by atoms with Crippen molar-refractivity contribution in [1.29, 1.82) is 0 Å². The smallest absolute Gasteiger partial charge is 0.201 e. The minimum Gasteiger partial charge on any atom is -0.491 e. The Hall–Kier alpha value is -2.37. The molecule has 1 atom stereocenters. The standard InChI is InChI=1S/C24H32N2O3/c1-24(2,3)19-9-11-21(12-10-19)29-18-20(27)17-25-13-15-26(16-14-25)22-7-5-4-6-8-23(22)28/h4-12,20,27H,13-18H2,1-3H3. The first-order valence-corrected chi connectivity index (χ1v) is 10.3.